The molecule has 0 saturated heterocycles. The van der Waals surface area contributed by atoms with Gasteiger partial charge in [-0.3, -0.25) is 9.48 Å². The maximum atomic E-state index is 12.4. The van der Waals surface area contributed by atoms with Crippen LogP contribution in [-0.2, 0) is 17.8 Å². The Labute approximate surface area is 145 Å². The van der Waals surface area contributed by atoms with Crippen molar-refractivity contribution in [2.45, 2.75) is 25.9 Å². The van der Waals surface area contributed by atoms with Crippen molar-refractivity contribution in [2.24, 2.45) is 0 Å². The molecule has 126 valence electrons. The average molecular weight is 333 g/mol. The second-order valence-electron chi connectivity index (χ2n) is 6.29. The van der Waals surface area contributed by atoms with E-state index in [0.717, 1.165) is 27.3 Å². The van der Waals surface area contributed by atoms with Crippen LogP contribution in [0.1, 0.15) is 12.5 Å². The van der Waals surface area contributed by atoms with Gasteiger partial charge in [-0.2, -0.15) is 5.10 Å². The first-order valence-corrected chi connectivity index (χ1v) is 8.35. The maximum Gasteiger partial charge on any atom is 0.224 e. The van der Waals surface area contributed by atoms with Crippen molar-refractivity contribution >= 4 is 27.6 Å². The van der Waals surface area contributed by atoms with Gasteiger partial charge >= 0.3 is 0 Å². The van der Waals surface area contributed by atoms with Gasteiger partial charge in [0.05, 0.1) is 19.2 Å². The summed E-state index contributed by atoms with van der Waals surface area (Å²) in [5.74, 6) is -0.0182. The number of carbonyl (C=O) groups excluding carboxylic acids is 1. The molecule has 0 aliphatic carbocycles. The first-order valence-electron chi connectivity index (χ1n) is 8.35. The molecule has 0 aliphatic rings. The Kier molecular flexibility index (Phi) is 3.98. The predicted octanol–water partition coefficient (Wildman–Crippen LogP) is 3.53. The summed E-state index contributed by atoms with van der Waals surface area (Å²) in [6.45, 7) is 2.62. The number of nitrogens with zero attached hydrogens (tertiary/aromatic N) is 2. The van der Waals surface area contributed by atoms with Crippen molar-refractivity contribution in [3.63, 3.8) is 0 Å². The molecular weight excluding hydrogens is 314 g/mol. The standard InChI is InChI=1S/C20H19N3O2/c1-14(12-23-10-4-9-21-23)22-19(24)11-16-13-25-18-8-7-15-5-2-3-6-17(15)20(16)18/h2-10,13-14H,11-12H2,1H3,(H,22,24)/t14-/m1/s1. The van der Waals surface area contributed by atoms with Gasteiger partial charge in [0.15, 0.2) is 0 Å². The third-order valence-corrected chi connectivity index (χ3v) is 4.32. The third kappa shape index (κ3) is 3.13. The number of amides is 1. The van der Waals surface area contributed by atoms with E-state index in [-0.39, 0.29) is 11.9 Å². The molecule has 0 saturated carbocycles. The summed E-state index contributed by atoms with van der Waals surface area (Å²) in [6.07, 6.45) is 5.61. The third-order valence-electron chi connectivity index (χ3n) is 4.32. The smallest absolute Gasteiger partial charge is 0.224 e. The van der Waals surface area contributed by atoms with E-state index in [1.807, 2.05) is 48.1 Å². The molecule has 4 aromatic rings. The molecule has 4 rings (SSSR count). The summed E-state index contributed by atoms with van der Waals surface area (Å²) in [5.41, 5.74) is 1.72. The first-order chi connectivity index (χ1) is 12.2. The predicted molar refractivity (Wildman–Crippen MR) is 97.3 cm³/mol. The number of furan rings is 1. The van der Waals surface area contributed by atoms with E-state index in [1.165, 1.54) is 0 Å². The second-order valence-corrected chi connectivity index (χ2v) is 6.29. The molecule has 1 N–H and O–H groups in total. The minimum Gasteiger partial charge on any atom is -0.464 e. The zero-order valence-electron chi connectivity index (χ0n) is 14.0. The van der Waals surface area contributed by atoms with Gasteiger partial charge in [0.25, 0.3) is 0 Å². The van der Waals surface area contributed by atoms with Crippen LogP contribution in [0, 0.1) is 0 Å². The molecule has 25 heavy (non-hydrogen) atoms. The quantitative estimate of drug-likeness (QED) is 0.608. The monoisotopic (exact) mass is 333 g/mol. The van der Waals surface area contributed by atoms with Crippen LogP contribution < -0.4 is 5.32 Å². The Morgan fingerprint density at radius 3 is 2.96 bits per heavy atom. The van der Waals surface area contributed by atoms with Gasteiger partial charge in [-0.15, -0.1) is 0 Å². The van der Waals surface area contributed by atoms with E-state index < -0.39 is 0 Å². The molecule has 2 aromatic heterocycles. The lowest BCUT2D eigenvalue weighted by molar-refractivity contribution is -0.121. The largest absolute Gasteiger partial charge is 0.464 e. The van der Waals surface area contributed by atoms with Crippen LogP contribution in [-0.4, -0.2) is 21.7 Å². The number of hydrogen-bond donors (Lipinski definition) is 1. The molecule has 0 aliphatic heterocycles. The summed E-state index contributed by atoms with van der Waals surface area (Å²) in [6, 6.07) is 14.0. The minimum absolute atomic E-state index is 0.00214. The van der Waals surface area contributed by atoms with E-state index >= 15 is 0 Å². The lowest BCUT2D eigenvalue weighted by Crippen LogP contribution is -2.36. The number of rotatable bonds is 5. The number of hydrogen-bond acceptors (Lipinski definition) is 3. The van der Waals surface area contributed by atoms with Crippen LogP contribution in [0.15, 0.2) is 65.5 Å². The van der Waals surface area contributed by atoms with Crippen LogP contribution in [0.2, 0.25) is 0 Å². The van der Waals surface area contributed by atoms with E-state index in [9.17, 15) is 4.79 Å². The fourth-order valence-corrected chi connectivity index (χ4v) is 3.24. The van der Waals surface area contributed by atoms with Crippen molar-refractivity contribution in [1.82, 2.24) is 15.1 Å². The topological polar surface area (TPSA) is 60.1 Å². The number of benzene rings is 2. The molecule has 0 spiro atoms. The van der Waals surface area contributed by atoms with E-state index in [4.69, 9.17) is 4.42 Å². The van der Waals surface area contributed by atoms with Crippen molar-refractivity contribution in [3.8, 4) is 0 Å². The van der Waals surface area contributed by atoms with Crippen molar-refractivity contribution in [3.05, 3.63) is 66.7 Å². The van der Waals surface area contributed by atoms with E-state index in [0.29, 0.717) is 13.0 Å². The van der Waals surface area contributed by atoms with E-state index in [1.54, 1.807) is 12.5 Å². The summed E-state index contributed by atoms with van der Waals surface area (Å²) >= 11 is 0. The summed E-state index contributed by atoms with van der Waals surface area (Å²) < 4.78 is 7.47. The lowest BCUT2D eigenvalue weighted by atomic mass is 10.0. The van der Waals surface area contributed by atoms with Gasteiger partial charge in [-0.05, 0) is 29.8 Å². The van der Waals surface area contributed by atoms with Crippen molar-refractivity contribution in [1.29, 1.82) is 0 Å². The fourth-order valence-electron chi connectivity index (χ4n) is 3.24. The summed E-state index contributed by atoms with van der Waals surface area (Å²) in [7, 11) is 0. The molecule has 2 heterocycles. The van der Waals surface area contributed by atoms with Gasteiger partial charge in [-0.1, -0.05) is 30.3 Å². The van der Waals surface area contributed by atoms with Crippen LogP contribution >= 0.6 is 0 Å². The van der Waals surface area contributed by atoms with Crippen molar-refractivity contribution < 1.29 is 9.21 Å². The molecule has 0 unspecified atom stereocenters. The molecular formula is C20H19N3O2. The van der Waals surface area contributed by atoms with Crippen LogP contribution in [0.4, 0.5) is 0 Å². The molecule has 0 bridgehead atoms. The zero-order valence-corrected chi connectivity index (χ0v) is 14.0. The van der Waals surface area contributed by atoms with Crippen molar-refractivity contribution in [2.75, 3.05) is 0 Å². The Bertz CT molecular complexity index is 1020. The van der Waals surface area contributed by atoms with Gasteiger partial charge in [0.2, 0.25) is 5.91 Å². The van der Waals surface area contributed by atoms with Gasteiger partial charge in [-0.25, -0.2) is 0 Å². The number of nitrogens with one attached hydrogen (secondary N) is 1. The SMILES string of the molecule is C[C@H](Cn1cccn1)NC(=O)Cc1coc2ccc3ccccc3c12. The number of aromatic nitrogens is 2. The molecule has 1 atom stereocenters. The highest BCUT2D eigenvalue weighted by Crippen LogP contribution is 2.30. The van der Waals surface area contributed by atoms with Gasteiger partial charge in [0.1, 0.15) is 5.58 Å². The van der Waals surface area contributed by atoms with Crippen LogP contribution in [0.5, 0.6) is 0 Å². The highest BCUT2D eigenvalue weighted by Gasteiger charge is 2.14. The Morgan fingerprint density at radius 1 is 1.24 bits per heavy atom. The maximum absolute atomic E-state index is 12.4. The molecule has 1 amide bonds. The minimum atomic E-state index is -0.0182. The highest BCUT2D eigenvalue weighted by atomic mass is 16.3. The normalized spacial score (nSPS) is 12.5. The highest BCUT2D eigenvalue weighted by molar-refractivity contribution is 6.08. The lowest BCUT2D eigenvalue weighted by Gasteiger charge is -2.13. The van der Waals surface area contributed by atoms with Gasteiger partial charge in [0, 0.05) is 29.4 Å². The van der Waals surface area contributed by atoms with Crippen LogP contribution in [0.3, 0.4) is 0 Å². The zero-order chi connectivity index (χ0) is 17.2. The Hall–Kier alpha value is -3.08. The Morgan fingerprint density at radius 2 is 2.12 bits per heavy atom. The number of carbonyl (C=O) groups is 1. The van der Waals surface area contributed by atoms with Crippen LogP contribution in [0.25, 0.3) is 21.7 Å². The summed E-state index contributed by atoms with van der Waals surface area (Å²) in [5, 5.41) is 10.5. The summed E-state index contributed by atoms with van der Waals surface area (Å²) in [4.78, 5) is 12.4. The molecule has 0 radical (unpaired) electrons. The molecule has 0 fully saturated rings. The Balaban J connectivity index is 1.54. The first kappa shape index (κ1) is 15.4. The average Bonchev–Trinajstić information content (AvgIpc) is 3.24. The second kappa shape index (κ2) is 6.43. The molecule has 5 heteroatoms. The number of fused-ring (bicyclic) bond motifs is 3. The fraction of sp³-hybridized carbons (Fsp3) is 0.200. The van der Waals surface area contributed by atoms with E-state index in [2.05, 4.69) is 22.5 Å². The molecule has 5 nitrogen and oxygen atoms in total. The van der Waals surface area contributed by atoms with Gasteiger partial charge < -0.3 is 9.73 Å². The molecule has 2 aromatic carbocycles.